The summed E-state index contributed by atoms with van der Waals surface area (Å²) in [5.41, 5.74) is -13.3. The van der Waals surface area contributed by atoms with Crippen LogP contribution in [0.4, 0.5) is 0 Å². The van der Waals surface area contributed by atoms with Gasteiger partial charge in [0.1, 0.15) is 36.6 Å². The van der Waals surface area contributed by atoms with E-state index in [9.17, 15) is 9.59 Å². The lowest BCUT2D eigenvalue weighted by Gasteiger charge is -2.48. The minimum atomic E-state index is -2.58. The van der Waals surface area contributed by atoms with Gasteiger partial charge in [-0.25, -0.2) is 0 Å². The van der Waals surface area contributed by atoms with Crippen molar-refractivity contribution in [2.75, 3.05) is 39.6 Å². The average molecular weight is 1570 g/mol. The molecule has 8 fully saturated rings. The van der Waals surface area contributed by atoms with E-state index in [0.717, 1.165) is 0 Å². The summed E-state index contributed by atoms with van der Waals surface area (Å²) in [4.78, 5) is 120. The Labute approximate surface area is 663 Å². The number of hydrogen-bond donors (Lipinski definition) is 6. The van der Waals surface area contributed by atoms with Gasteiger partial charge < -0.3 is 88.7 Å². The van der Waals surface area contributed by atoms with Gasteiger partial charge in [0.25, 0.3) is 10.8 Å². The van der Waals surface area contributed by atoms with Crippen LogP contribution in [0.15, 0.2) is 0 Å². The number of hydrogen-bond acceptors (Lipinski definition) is 26. The molecule has 0 unspecified atom stereocenters. The first-order chi connectivity index (χ1) is 50.3. The van der Waals surface area contributed by atoms with Crippen LogP contribution in [-0.4, -0.2) is 203 Å². The fourth-order valence-electron chi connectivity index (χ4n) is 20.8. The molecule has 0 aromatic rings. The van der Waals surface area contributed by atoms with Crippen LogP contribution >= 0.6 is 0 Å². The third kappa shape index (κ3) is 24.7. The quantitative estimate of drug-likeness (QED) is 0.0203. The highest BCUT2D eigenvalue weighted by Gasteiger charge is 2.63. The molecule has 636 valence electrons. The van der Waals surface area contributed by atoms with Crippen molar-refractivity contribution in [3.05, 3.63) is 0 Å². The van der Waals surface area contributed by atoms with Gasteiger partial charge in [-0.05, 0) is 192 Å². The number of carbonyl (C=O) groups excluding carboxylic acids is 8. The van der Waals surface area contributed by atoms with Gasteiger partial charge in [-0.2, -0.15) is 0 Å². The first-order valence-electron chi connectivity index (χ1n) is 41.1. The summed E-state index contributed by atoms with van der Waals surface area (Å²) in [6, 6.07) is 0. The van der Waals surface area contributed by atoms with Gasteiger partial charge >= 0.3 is 47.8 Å². The van der Waals surface area contributed by atoms with E-state index in [-0.39, 0.29) is 65.3 Å². The minimum absolute atomic E-state index is 0.109. The molecule has 0 aromatic heterocycles. The fraction of sp³-hybridized carbons (Fsp3) is 0.906. The van der Waals surface area contributed by atoms with Gasteiger partial charge in [0.2, 0.25) is 0 Å². The molecule has 0 radical (unpaired) electrons. The van der Waals surface area contributed by atoms with Crippen molar-refractivity contribution < 1.29 is 95.2 Å². The van der Waals surface area contributed by atoms with E-state index in [0.29, 0.717) is 77.0 Å². The maximum atomic E-state index is 15.4. The lowest BCUT2D eigenvalue weighted by atomic mass is 9.78. The zero-order valence-electron chi connectivity index (χ0n) is 73.3. The summed E-state index contributed by atoms with van der Waals surface area (Å²) in [5, 5.41) is 21.7. The van der Waals surface area contributed by atoms with E-state index in [1.807, 2.05) is 194 Å². The summed E-state index contributed by atoms with van der Waals surface area (Å²) in [5.74, 6) is -7.55. The second-order valence-corrected chi connectivity index (χ2v) is 44.2. The highest BCUT2D eigenvalue weighted by atomic mass is 16.7. The molecule has 8 rings (SSSR count). The van der Waals surface area contributed by atoms with Crippen LogP contribution in [0.25, 0.3) is 0 Å². The molecule has 8 aliphatic heterocycles. The molecular weight excluding hydrogens is 1420 g/mol. The number of esters is 8. The van der Waals surface area contributed by atoms with Gasteiger partial charge in [-0.1, -0.05) is 27.7 Å². The molecule has 0 atom stereocenters. The third-order valence-corrected chi connectivity index (χ3v) is 23.2. The van der Waals surface area contributed by atoms with Crippen LogP contribution in [-0.2, 0) is 95.2 Å². The SMILES string of the molecule is CC1(C)CC(OC(=O)C(CCCOC(=O)CC(C)(C)C2OCC3(CO2)COC(C(C)(C)CC(=O)OCCCC(C(=O)OC2CC(C)(C)NC(C)(C)C2)(C(=O)OC2CC(C)(C)NC(C)(C)C2)C(=O)OC2CC(C)(C)NC(C)(C)C2)OC3)(C(=O)OC2CC(C)(C)NC(C)(C)C2)C(=O)OC2CC(C)(C)NC(C)(C)C2)CC(C)(C)N1. The van der Waals surface area contributed by atoms with E-state index in [1.54, 1.807) is 0 Å². The van der Waals surface area contributed by atoms with E-state index in [2.05, 4.69) is 31.9 Å². The van der Waals surface area contributed by atoms with Gasteiger partial charge in [0, 0.05) is 154 Å². The molecule has 0 bridgehead atoms. The summed E-state index contributed by atoms with van der Waals surface area (Å²) in [6.45, 7) is 55.7. The molecule has 0 aromatic carbocycles. The standard InChI is InChI=1S/C85H146N6O20/c1-69(2,47-59(92)100-33-29-31-84(61(94)106-53-35-71(5,6)86-72(7,8)36-53,62(95)107-54-37-73(9,10)87-74(11,12)38-54)63(96)108-55-39-75(13,14)88-76(15,16)40-55)67-102-49-83(50-103-67)51-104-68(105-52-83)70(3,4)48-60(93)101-34-30-32-85(64(97)109-56-41-77(17,18)89-78(19,20)42-56,65(98)110-57-43-79(21,22)90-80(23,24)44-57)66(99)111-58-45-81(25,26)91-82(27,28)46-58/h53-58,67-68,86-91H,29-52H2,1-28H3. The molecule has 1 spiro atoms. The molecule has 26 heteroatoms. The van der Waals surface area contributed by atoms with Crippen molar-refractivity contribution in [2.45, 2.75) is 425 Å². The molecule has 8 aliphatic rings. The van der Waals surface area contributed by atoms with Crippen molar-refractivity contribution >= 4 is 47.8 Å². The summed E-state index contributed by atoms with van der Waals surface area (Å²) >= 11 is 0. The number of nitrogens with one attached hydrogen (secondary N) is 6. The Morgan fingerprint density at radius 2 is 0.450 bits per heavy atom. The van der Waals surface area contributed by atoms with Crippen molar-refractivity contribution in [1.29, 1.82) is 0 Å². The molecule has 0 amide bonds. The Bertz CT molecular complexity index is 2780. The Morgan fingerprint density at radius 3 is 0.613 bits per heavy atom. The van der Waals surface area contributed by atoms with Crippen LogP contribution in [0.3, 0.4) is 0 Å². The number of rotatable bonds is 26. The smallest absolute Gasteiger partial charge is 0.335 e. The molecule has 0 saturated carbocycles. The monoisotopic (exact) mass is 1570 g/mol. The second kappa shape index (κ2) is 32.7. The van der Waals surface area contributed by atoms with Gasteiger partial charge in [0.05, 0.1) is 57.9 Å². The van der Waals surface area contributed by atoms with Crippen LogP contribution in [0.5, 0.6) is 0 Å². The molecule has 111 heavy (non-hydrogen) atoms. The zero-order chi connectivity index (χ0) is 83.4. The minimum Gasteiger partial charge on any atom is -0.466 e. The predicted octanol–water partition coefficient (Wildman–Crippen LogP) is 11.3. The molecule has 0 aliphatic carbocycles. The Kier molecular flexibility index (Phi) is 27.1. The third-order valence-electron chi connectivity index (χ3n) is 23.2. The molecular formula is C85H146N6O20. The largest absolute Gasteiger partial charge is 0.466 e. The van der Waals surface area contributed by atoms with Gasteiger partial charge in [-0.15, -0.1) is 0 Å². The predicted molar refractivity (Wildman–Crippen MR) is 418 cm³/mol. The van der Waals surface area contributed by atoms with Crippen LogP contribution in [0.2, 0.25) is 0 Å². The van der Waals surface area contributed by atoms with Crippen LogP contribution in [0, 0.1) is 27.1 Å². The Balaban J connectivity index is 0.892. The van der Waals surface area contributed by atoms with Gasteiger partial charge in [0.15, 0.2) is 12.6 Å². The first kappa shape index (κ1) is 91.9. The number of piperidine rings is 6. The Morgan fingerprint density at radius 1 is 0.288 bits per heavy atom. The van der Waals surface area contributed by atoms with E-state index < -0.39 is 203 Å². The highest BCUT2D eigenvalue weighted by molar-refractivity contribution is 6.19. The normalized spacial score (nSPS) is 28.0. The maximum absolute atomic E-state index is 15.4. The van der Waals surface area contributed by atoms with Crippen molar-refractivity contribution in [3.63, 3.8) is 0 Å². The van der Waals surface area contributed by atoms with Crippen molar-refractivity contribution in [3.8, 4) is 0 Å². The molecule has 6 N–H and O–H groups in total. The number of carbonyl (C=O) groups is 8. The van der Waals surface area contributed by atoms with Crippen LogP contribution in [0.1, 0.15) is 309 Å². The summed E-state index contributed by atoms with van der Waals surface area (Å²) in [6.07, 6.45) is -2.22. The molecule has 8 saturated heterocycles. The van der Waals surface area contributed by atoms with Crippen LogP contribution < -0.4 is 31.9 Å². The summed E-state index contributed by atoms with van der Waals surface area (Å²) in [7, 11) is 0. The zero-order valence-corrected chi connectivity index (χ0v) is 73.3. The van der Waals surface area contributed by atoms with Crippen molar-refractivity contribution in [2.24, 2.45) is 27.1 Å². The second-order valence-electron chi connectivity index (χ2n) is 44.2. The topological polar surface area (TPSA) is 319 Å². The lowest BCUT2D eigenvalue weighted by molar-refractivity contribution is -0.334. The number of ether oxygens (including phenoxy) is 12. The Hall–Kier alpha value is -4.64. The first-order valence-corrected chi connectivity index (χ1v) is 41.1. The lowest BCUT2D eigenvalue weighted by Crippen LogP contribution is -2.62. The maximum Gasteiger partial charge on any atom is 0.335 e. The van der Waals surface area contributed by atoms with Crippen molar-refractivity contribution in [1.82, 2.24) is 31.9 Å². The molecule has 8 heterocycles. The van der Waals surface area contributed by atoms with Gasteiger partial charge in [-0.3, -0.25) is 38.4 Å². The fourth-order valence-corrected chi connectivity index (χ4v) is 20.8. The molecule has 26 nitrogen and oxygen atoms in total. The average Bonchev–Trinajstić information content (AvgIpc) is 0.764. The van der Waals surface area contributed by atoms with E-state index in [4.69, 9.17) is 56.8 Å². The van der Waals surface area contributed by atoms with E-state index in [1.165, 1.54) is 0 Å². The summed E-state index contributed by atoms with van der Waals surface area (Å²) < 4.78 is 75.8. The highest BCUT2D eigenvalue weighted by Crippen LogP contribution is 2.46. The van der Waals surface area contributed by atoms with E-state index >= 15 is 28.8 Å².